The zero-order valence-electron chi connectivity index (χ0n) is 13.3. The first-order chi connectivity index (χ1) is 11.1. The number of nitrogens with zero attached hydrogens (tertiary/aromatic N) is 1. The summed E-state index contributed by atoms with van der Waals surface area (Å²) in [5, 5.41) is 4.93. The summed E-state index contributed by atoms with van der Waals surface area (Å²) in [6.45, 7) is 3.25. The van der Waals surface area contributed by atoms with E-state index in [9.17, 15) is 9.18 Å². The van der Waals surface area contributed by atoms with Crippen LogP contribution in [0, 0.1) is 12.7 Å². The number of carbonyl (C=O) groups is 1. The Morgan fingerprint density at radius 2 is 2.13 bits per heavy atom. The number of halogens is 1. The molecule has 23 heavy (non-hydrogen) atoms. The standard InChI is InChI=1S/C17H21FN2OS2/c1-13-7-9-23-16(13)11-20(2)17(21)19-8-10-22-12-14-5-3-4-6-15(14)18/h3-7,9H,8,10-12H2,1-2H3,(H,19,21). The van der Waals surface area contributed by atoms with Crippen molar-refractivity contribution in [3.05, 3.63) is 57.5 Å². The molecule has 2 aromatic rings. The highest BCUT2D eigenvalue weighted by atomic mass is 32.2. The van der Waals surface area contributed by atoms with Gasteiger partial charge in [-0.3, -0.25) is 0 Å². The highest BCUT2D eigenvalue weighted by Gasteiger charge is 2.10. The number of amides is 2. The summed E-state index contributed by atoms with van der Waals surface area (Å²) in [6.07, 6.45) is 0. The third-order valence-corrected chi connectivity index (χ3v) is 5.45. The Bertz CT molecular complexity index is 645. The molecule has 0 fully saturated rings. The fourth-order valence-electron chi connectivity index (χ4n) is 2.02. The average molecular weight is 353 g/mol. The molecule has 6 heteroatoms. The van der Waals surface area contributed by atoms with Gasteiger partial charge in [-0.2, -0.15) is 11.8 Å². The predicted molar refractivity (Wildman–Crippen MR) is 96.5 cm³/mol. The highest BCUT2D eigenvalue weighted by Crippen LogP contribution is 2.17. The maximum Gasteiger partial charge on any atom is 0.317 e. The summed E-state index contributed by atoms with van der Waals surface area (Å²) in [7, 11) is 1.79. The lowest BCUT2D eigenvalue weighted by Gasteiger charge is -2.17. The first-order valence-corrected chi connectivity index (χ1v) is 9.44. The second-order valence-electron chi connectivity index (χ2n) is 5.26. The van der Waals surface area contributed by atoms with Crippen LogP contribution in [0.25, 0.3) is 0 Å². The number of carbonyl (C=O) groups excluding carboxylic acids is 1. The molecule has 0 aliphatic rings. The molecule has 124 valence electrons. The van der Waals surface area contributed by atoms with Crippen molar-refractivity contribution in [1.29, 1.82) is 0 Å². The number of aryl methyl sites for hydroxylation is 1. The molecule has 1 heterocycles. The van der Waals surface area contributed by atoms with Crippen LogP contribution in [0.4, 0.5) is 9.18 Å². The molecule has 0 saturated heterocycles. The van der Waals surface area contributed by atoms with Crippen molar-refractivity contribution >= 4 is 29.1 Å². The Kier molecular flexibility index (Phi) is 6.92. The van der Waals surface area contributed by atoms with Gasteiger partial charge in [-0.1, -0.05) is 18.2 Å². The van der Waals surface area contributed by atoms with Crippen LogP contribution in [0.3, 0.4) is 0 Å². The summed E-state index contributed by atoms with van der Waals surface area (Å²) in [5.74, 6) is 1.20. The molecule has 2 amide bonds. The van der Waals surface area contributed by atoms with Crippen LogP contribution in [0.15, 0.2) is 35.7 Å². The molecule has 0 spiro atoms. The van der Waals surface area contributed by atoms with Gasteiger partial charge in [-0.05, 0) is 35.6 Å². The molecular formula is C17H21FN2OS2. The van der Waals surface area contributed by atoms with Crippen LogP contribution in [0.1, 0.15) is 16.0 Å². The molecule has 0 aliphatic heterocycles. The van der Waals surface area contributed by atoms with Gasteiger partial charge in [0, 0.05) is 30.0 Å². The third kappa shape index (κ3) is 5.55. The van der Waals surface area contributed by atoms with E-state index in [1.807, 2.05) is 11.4 Å². The maximum atomic E-state index is 13.5. The summed E-state index contributed by atoms with van der Waals surface area (Å²) in [6, 6.07) is 8.77. The molecule has 2 rings (SSSR count). The van der Waals surface area contributed by atoms with E-state index in [1.165, 1.54) is 16.5 Å². The normalized spacial score (nSPS) is 10.6. The van der Waals surface area contributed by atoms with E-state index in [0.717, 1.165) is 5.75 Å². The topological polar surface area (TPSA) is 32.3 Å². The van der Waals surface area contributed by atoms with Crippen LogP contribution in [-0.2, 0) is 12.3 Å². The van der Waals surface area contributed by atoms with Crippen molar-refractivity contribution in [2.24, 2.45) is 0 Å². The van der Waals surface area contributed by atoms with Gasteiger partial charge >= 0.3 is 6.03 Å². The van der Waals surface area contributed by atoms with Gasteiger partial charge < -0.3 is 10.2 Å². The lowest BCUT2D eigenvalue weighted by molar-refractivity contribution is 0.208. The number of hydrogen-bond acceptors (Lipinski definition) is 3. The van der Waals surface area contributed by atoms with Crippen molar-refractivity contribution in [3.63, 3.8) is 0 Å². The Hall–Kier alpha value is -1.53. The quantitative estimate of drug-likeness (QED) is 0.755. The smallest absolute Gasteiger partial charge is 0.317 e. The van der Waals surface area contributed by atoms with Gasteiger partial charge in [0.25, 0.3) is 0 Å². The summed E-state index contributed by atoms with van der Waals surface area (Å²) in [5.41, 5.74) is 1.92. The molecule has 0 atom stereocenters. The van der Waals surface area contributed by atoms with Crippen molar-refractivity contribution < 1.29 is 9.18 Å². The molecule has 1 aromatic carbocycles. The first kappa shape index (κ1) is 17.8. The second kappa shape index (κ2) is 8.93. The first-order valence-electron chi connectivity index (χ1n) is 7.41. The molecule has 0 bridgehead atoms. The molecule has 1 N–H and O–H groups in total. The predicted octanol–water partition coefficient (Wildman–Crippen LogP) is 4.27. The van der Waals surface area contributed by atoms with Crippen LogP contribution < -0.4 is 5.32 Å². The van der Waals surface area contributed by atoms with E-state index in [2.05, 4.69) is 18.3 Å². The van der Waals surface area contributed by atoms with E-state index in [4.69, 9.17) is 0 Å². The lowest BCUT2D eigenvalue weighted by Crippen LogP contribution is -2.37. The van der Waals surface area contributed by atoms with Gasteiger partial charge in [0.2, 0.25) is 0 Å². The lowest BCUT2D eigenvalue weighted by atomic mass is 10.2. The minimum Gasteiger partial charge on any atom is -0.337 e. The molecule has 0 radical (unpaired) electrons. The monoisotopic (exact) mass is 352 g/mol. The zero-order chi connectivity index (χ0) is 16.7. The molecule has 3 nitrogen and oxygen atoms in total. The van der Waals surface area contributed by atoms with Crippen LogP contribution in [0.2, 0.25) is 0 Å². The van der Waals surface area contributed by atoms with Crippen molar-refractivity contribution in [2.45, 2.75) is 19.2 Å². The van der Waals surface area contributed by atoms with E-state index >= 15 is 0 Å². The van der Waals surface area contributed by atoms with Gasteiger partial charge in [0.1, 0.15) is 5.82 Å². The maximum absolute atomic E-state index is 13.5. The largest absolute Gasteiger partial charge is 0.337 e. The van der Waals surface area contributed by atoms with Gasteiger partial charge in [0.15, 0.2) is 0 Å². The Morgan fingerprint density at radius 1 is 1.35 bits per heavy atom. The Balaban J connectivity index is 1.65. The molecule has 0 unspecified atom stereocenters. The average Bonchev–Trinajstić information content (AvgIpc) is 2.93. The van der Waals surface area contributed by atoms with Crippen molar-refractivity contribution in [2.75, 3.05) is 19.3 Å². The summed E-state index contributed by atoms with van der Waals surface area (Å²) in [4.78, 5) is 14.9. The SMILES string of the molecule is Cc1ccsc1CN(C)C(=O)NCCSCc1ccccc1F. The second-order valence-corrected chi connectivity index (χ2v) is 7.36. The number of nitrogens with one attached hydrogen (secondary N) is 1. The van der Waals surface area contributed by atoms with E-state index in [1.54, 1.807) is 47.2 Å². The Morgan fingerprint density at radius 3 is 2.83 bits per heavy atom. The van der Waals surface area contributed by atoms with E-state index in [0.29, 0.717) is 24.4 Å². The van der Waals surface area contributed by atoms with Crippen molar-refractivity contribution in [3.8, 4) is 0 Å². The number of hydrogen-bond donors (Lipinski definition) is 1. The van der Waals surface area contributed by atoms with Crippen LogP contribution in [-0.4, -0.2) is 30.3 Å². The molecule has 0 aliphatic carbocycles. The number of benzene rings is 1. The molecular weight excluding hydrogens is 331 g/mol. The summed E-state index contributed by atoms with van der Waals surface area (Å²) < 4.78 is 13.5. The van der Waals surface area contributed by atoms with Gasteiger partial charge in [-0.25, -0.2) is 9.18 Å². The third-order valence-electron chi connectivity index (χ3n) is 3.43. The van der Waals surface area contributed by atoms with E-state index < -0.39 is 0 Å². The highest BCUT2D eigenvalue weighted by molar-refractivity contribution is 7.98. The number of urea groups is 1. The molecule has 0 saturated carbocycles. The number of thioether (sulfide) groups is 1. The Labute approximate surface area is 144 Å². The number of thiophene rings is 1. The van der Waals surface area contributed by atoms with Crippen LogP contribution in [0.5, 0.6) is 0 Å². The summed E-state index contributed by atoms with van der Waals surface area (Å²) >= 11 is 3.28. The zero-order valence-corrected chi connectivity index (χ0v) is 15.0. The molecule has 1 aromatic heterocycles. The van der Waals surface area contributed by atoms with Gasteiger partial charge in [0.05, 0.1) is 6.54 Å². The van der Waals surface area contributed by atoms with Crippen molar-refractivity contribution in [1.82, 2.24) is 10.2 Å². The minimum absolute atomic E-state index is 0.0794. The van der Waals surface area contributed by atoms with E-state index in [-0.39, 0.29) is 11.8 Å². The minimum atomic E-state index is -0.171. The van der Waals surface area contributed by atoms with Crippen LogP contribution >= 0.6 is 23.1 Å². The fraction of sp³-hybridized carbons (Fsp3) is 0.353. The van der Waals surface area contributed by atoms with Gasteiger partial charge in [-0.15, -0.1) is 11.3 Å². The number of rotatable bonds is 7. The fourth-order valence-corrected chi connectivity index (χ4v) is 3.82.